The second kappa shape index (κ2) is 9.16. The molecule has 4 amide bonds. The Morgan fingerprint density at radius 2 is 2.00 bits per heavy atom. The van der Waals surface area contributed by atoms with E-state index in [2.05, 4.69) is 19.2 Å². The zero-order chi connectivity index (χ0) is 20.0. The first-order valence-electron chi connectivity index (χ1n) is 8.94. The molecular formula is C19H25N3O5. The van der Waals surface area contributed by atoms with Gasteiger partial charge in [0.15, 0.2) is 6.61 Å². The van der Waals surface area contributed by atoms with Crippen molar-refractivity contribution in [2.24, 2.45) is 5.92 Å². The molecule has 1 aromatic rings. The molecule has 1 aliphatic rings. The van der Waals surface area contributed by atoms with Crippen molar-refractivity contribution in [3.05, 3.63) is 29.8 Å². The van der Waals surface area contributed by atoms with E-state index in [0.29, 0.717) is 0 Å². The molecule has 1 aromatic carbocycles. The van der Waals surface area contributed by atoms with Gasteiger partial charge in [-0.2, -0.15) is 0 Å². The number of rotatable bonds is 6. The summed E-state index contributed by atoms with van der Waals surface area (Å²) in [5, 5.41) is 4.23. The molecular weight excluding hydrogens is 350 g/mol. The van der Waals surface area contributed by atoms with Crippen molar-refractivity contribution in [3.8, 4) is 0 Å². The summed E-state index contributed by atoms with van der Waals surface area (Å²) in [6.07, 6.45) is 0.968. The topological polar surface area (TPSA) is 105 Å². The first-order valence-corrected chi connectivity index (χ1v) is 8.94. The number of para-hydroxylation sites is 1. The van der Waals surface area contributed by atoms with Gasteiger partial charge in [-0.25, -0.2) is 4.79 Å². The lowest BCUT2D eigenvalue weighted by Crippen LogP contribution is -2.40. The summed E-state index contributed by atoms with van der Waals surface area (Å²) in [6, 6.07) is 6.99. The van der Waals surface area contributed by atoms with Gasteiger partial charge in [0.1, 0.15) is 0 Å². The summed E-state index contributed by atoms with van der Waals surface area (Å²) < 4.78 is 4.95. The van der Waals surface area contributed by atoms with E-state index < -0.39 is 30.4 Å². The van der Waals surface area contributed by atoms with Crippen molar-refractivity contribution in [1.82, 2.24) is 10.6 Å². The number of urea groups is 1. The van der Waals surface area contributed by atoms with Gasteiger partial charge in [-0.05, 0) is 24.0 Å². The minimum atomic E-state index is -0.731. The van der Waals surface area contributed by atoms with Gasteiger partial charge in [-0.1, -0.05) is 32.0 Å². The molecule has 146 valence electrons. The Hall–Kier alpha value is -2.90. The van der Waals surface area contributed by atoms with Crippen molar-refractivity contribution >= 4 is 29.5 Å². The van der Waals surface area contributed by atoms with E-state index in [0.717, 1.165) is 17.7 Å². The number of esters is 1. The van der Waals surface area contributed by atoms with Crippen LogP contribution in [0.1, 0.15) is 38.2 Å². The van der Waals surface area contributed by atoms with Gasteiger partial charge in [0.05, 0.1) is 5.92 Å². The van der Waals surface area contributed by atoms with Crippen LogP contribution in [0, 0.1) is 5.92 Å². The molecule has 8 nitrogen and oxygen atoms in total. The molecule has 2 rings (SSSR count). The van der Waals surface area contributed by atoms with Gasteiger partial charge in [0.2, 0.25) is 5.91 Å². The highest BCUT2D eigenvalue weighted by molar-refractivity contribution is 6.00. The number of carbonyl (C=O) groups excluding carboxylic acids is 4. The van der Waals surface area contributed by atoms with E-state index in [1.165, 1.54) is 7.05 Å². The second-order valence-electron chi connectivity index (χ2n) is 6.51. The fraction of sp³-hybridized carbons (Fsp3) is 0.474. The quantitative estimate of drug-likeness (QED) is 0.734. The van der Waals surface area contributed by atoms with Gasteiger partial charge in [-0.15, -0.1) is 0 Å². The normalized spacial score (nSPS) is 17.4. The molecule has 0 saturated carbocycles. The maximum atomic E-state index is 12.5. The van der Waals surface area contributed by atoms with Crippen molar-refractivity contribution in [1.29, 1.82) is 0 Å². The Morgan fingerprint density at radius 1 is 1.30 bits per heavy atom. The number of nitrogens with zero attached hydrogens (tertiary/aromatic N) is 1. The van der Waals surface area contributed by atoms with Crippen molar-refractivity contribution in [2.45, 2.75) is 32.6 Å². The van der Waals surface area contributed by atoms with Gasteiger partial charge >= 0.3 is 12.0 Å². The first kappa shape index (κ1) is 20.4. The predicted molar refractivity (Wildman–Crippen MR) is 99.2 cm³/mol. The lowest BCUT2D eigenvalue weighted by atomic mass is 9.96. The van der Waals surface area contributed by atoms with Gasteiger partial charge in [-0.3, -0.25) is 19.7 Å². The number of carbonyl (C=O) groups is 4. The van der Waals surface area contributed by atoms with E-state index >= 15 is 0 Å². The molecule has 1 heterocycles. The molecule has 0 spiro atoms. The molecule has 1 fully saturated rings. The SMILES string of the molecule is CC[C@H](C)c1ccccc1N1C[C@H](C(=O)OCC(=O)NC(=O)NC)CC1=O. The van der Waals surface area contributed by atoms with Crippen LogP contribution in [-0.2, 0) is 19.1 Å². The predicted octanol–water partition coefficient (Wildman–Crippen LogP) is 1.55. The van der Waals surface area contributed by atoms with Gasteiger partial charge in [0, 0.05) is 25.7 Å². The molecule has 0 aliphatic carbocycles. The lowest BCUT2D eigenvalue weighted by molar-refractivity contribution is -0.152. The number of ether oxygens (including phenoxy) is 1. The van der Waals surface area contributed by atoms with E-state index in [-0.39, 0.29) is 24.8 Å². The monoisotopic (exact) mass is 375 g/mol. The third-order valence-corrected chi connectivity index (χ3v) is 4.65. The molecule has 0 unspecified atom stereocenters. The van der Waals surface area contributed by atoms with Crippen LogP contribution >= 0.6 is 0 Å². The highest BCUT2D eigenvalue weighted by Gasteiger charge is 2.37. The Kier molecular flexibility index (Phi) is 6.92. The summed E-state index contributed by atoms with van der Waals surface area (Å²) in [7, 11) is 1.37. The van der Waals surface area contributed by atoms with E-state index in [4.69, 9.17) is 4.74 Å². The summed E-state index contributed by atoms with van der Waals surface area (Å²) >= 11 is 0. The Morgan fingerprint density at radius 3 is 2.67 bits per heavy atom. The van der Waals surface area contributed by atoms with Crippen LogP contribution in [0.5, 0.6) is 0 Å². The van der Waals surface area contributed by atoms with Crippen molar-refractivity contribution in [2.75, 3.05) is 25.1 Å². The number of imide groups is 1. The van der Waals surface area contributed by atoms with Gasteiger partial charge in [0.25, 0.3) is 5.91 Å². The molecule has 8 heteroatoms. The zero-order valence-corrected chi connectivity index (χ0v) is 15.8. The minimum absolute atomic E-state index is 0.0325. The lowest BCUT2D eigenvalue weighted by Gasteiger charge is -2.23. The smallest absolute Gasteiger partial charge is 0.321 e. The highest BCUT2D eigenvalue weighted by atomic mass is 16.5. The summed E-state index contributed by atoms with van der Waals surface area (Å²) in [5.41, 5.74) is 1.87. The Labute approximate surface area is 158 Å². The number of hydrogen-bond donors (Lipinski definition) is 2. The average molecular weight is 375 g/mol. The summed E-state index contributed by atoms with van der Waals surface area (Å²) in [6.45, 7) is 3.82. The molecule has 1 saturated heterocycles. The van der Waals surface area contributed by atoms with Crippen LogP contribution in [-0.4, -0.2) is 44.0 Å². The number of nitrogens with one attached hydrogen (secondary N) is 2. The third kappa shape index (κ3) is 5.06. The molecule has 0 aromatic heterocycles. The first-order chi connectivity index (χ1) is 12.9. The minimum Gasteiger partial charge on any atom is -0.455 e. The molecule has 0 bridgehead atoms. The van der Waals surface area contributed by atoms with Gasteiger partial charge < -0.3 is 15.0 Å². The van der Waals surface area contributed by atoms with E-state index in [1.807, 2.05) is 29.6 Å². The van der Waals surface area contributed by atoms with Crippen LogP contribution in [0.2, 0.25) is 0 Å². The van der Waals surface area contributed by atoms with E-state index in [9.17, 15) is 19.2 Å². The van der Waals surface area contributed by atoms with Crippen LogP contribution in [0.15, 0.2) is 24.3 Å². The third-order valence-electron chi connectivity index (χ3n) is 4.65. The highest BCUT2D eigenvalue weighted by Crippen LogP contribution is 2.33. The van der Waals surface area contributed by atoms with Crippen LogP contribution in [0.25, 0.3) is 0 Å². The Bertz CT molecular complexity index is 734. The molecule has 2 N–H and O–H groups in total. The number of amides is 4. The largest absolute Gasteiger partial charge is 0.455 e. The summed E-state index contributed by atoms with van der Waals surface area (Å²) in [5.74, 6) is -1.86. The van der Waals surface area contributed by atoms with Crippen LogP contribution in [0.3, 0.4) is 0 Å². The number of hydrogen-bond acceptors (Lipinski definition) is 5. The Balaban J connectivity index is 2.00. The molecule has 27 heavy (non-hydrogen) atoms. The maximum Gasteiger partial charge on any atom is 0.321 e. The average Bonchev–Trinajstić information content (AvgIpc) is 3.06. The summed E-state index contributed by atoms with van der Waals surface area (Å²) in [4.78, 5) is 48.8. The standard InChI is InChI=1S/C19H25N3O5/c1-4-12(2)14-7-5-6-8-15(14)22-10-13(9-17(22)24)18(25)27-11-16(23)21-19(26)20-3/h5-8,12-13H,4,9-11H2,1-3H3,(H2,20,21,23,26)/t12-,13+/m0/s1. The fourth-order valence-electron chi connectivity index (χ4n) is 2.95. The van der Waals surface area contributed by atoms with Crippen molar-refractivity contribution < 1.29 is 23.9 Å². The molecule has 1 aliphatic heterocycles. The molecule has 2 atom stereocenters. The van der Waals surface area contributed by atoms with Crippen LogP contribution in [0.4, 0.5) is 10.5 Å². The van der Waals surface area contributed by atoms with Crippen LogP contribution < -0.4 is 15.5 Å². The number of benzene rings is 1. The maximum absolute atomic E-state index is 12.5. The number of anilines is 1. The molecule has 0 radical (unpaired) electrons. The van der Waals surface area contributed by atoms with E-state index in [1.54, 1.807) is 4.90 Å². The zero-order valence-electron chi connectivity index (χ0n) is 15.8. The van der Waals surface area contributed by atoms with Crippen molar-refractivity contribution in [3.63, 3.8) is 0 Å². The fourth-order valence-corrected chi connectivity index (χ4v) is 2.95. The second-order valence-corrected chi connectivity index (χ2v) is 6.51.